The normalized spacial score (nSPS) is 35.4. The second kappa shape index (κ2) is 2.60. The summed E-state index contributed by atoms with van der Waals surface area (Å²) in [6, 6.07) is 6.48. The lowest BCUT2D eigenvalue weighted by Gasteiger charge is -2.28. The summed E-state index contributed by atoms with van der Waals surface area (Å²) in [4.78, 5) is 12.0. The molecule has 0 radical (unpaired) electrons. The van der Waals surface area contributed by atoms with Gasteiger partial charge in [-0.15, -0.1) is 0 Å². The molecule has 0 bridgehead atoms. The quantitative estimate of drug-likeness (QED) is 0.441. The SMILES string of the molecule is O=C1c2ccccc2[C@]2(O)NC(=S)N[C@@]12O. The predicted octanol–water partition coefficient (Wildman–Crippen LogP) is -0.806. The molecule has 3 rings (SSSR count). The summed E-state index contributed by atoms with van der Waals surface area (Å²) in [5, 5.41) is 25.5. The minimum Gasteiger partial charge on any atom is -0.363 e. The molecule has 4 N–H and O–H groups in total. The Morgan fingerprint density at radius 2 is 1.75 bits per heavy atom. The van der Waals surface area contributed by atoms with Crippen molar-refractivity contribution < 1.29 is 15.0 Å². The average Bonchev–Trinajstić information content (AvgIpc) is 2.57. The highest BCUT2D eigenvalue weighted by Gasteiger charge is 2.67. The number of hydrogen-bond donors (Lipinski definition) is 4. The third-order valence-electron chi connectivity index (χ3n) is 3.00. The lowest BCUT2D eigenvalue weighted by atomic mass is 10.0. The van der Waals surface area contributed by atoms with Gasteiger partial charge in [0, 0.05) is 11.1 Å². The van der Waals surface area contributed by atoms with Crippen molar-refractivity contribution >= 4 is 23.1 Å². The van der Waals surface area contributed by atoms with Gasteiger partial charge in [0.15, 0.2) is 5.11 Å². The number of rotatable bonds is 0. The number of carbonyl (C=O) groups excluding carboxylic acids is 1. The standard InChI is InChI=1S/C10H8N2O3S/c13-7-5-3-1-2-4-6(5)9(14)10(7,15)12-8(16)11-9/h1-4,14-15H,(H2,11,12,16)/t9-,10-/m1/s1. The molecule has 16 heavy (non-hydrogen) atoms. The largest absolute Gasteiger partial charge is 0.363 e. The van der Waals surface area contributed by atoms with Crippen LogP contribution in [0.25, 0.3) is 0 Å². The number of thiocarbonyl (C=S) groups is 1. The Morgan fingerprint density at radius 1 is 1.12 bits per heavy atom. The van der Waals surface area contributed by atoms with Gasteiger partial charge >= 0.3 is 0 Å². The fourth-order valence-corrected chi connectivity index (χ4v) is 2.51. The number of Topliss-reactive ketones (excluding diaryl/α,β-unsaturated/α-hetero) is 1. The molecular weight excluding hydrogens is 228 g/mol. The van der Waals surface area contributed by atoms with Gasteiger partial charge in [0.2, 0.25) is 11.5 Å². The van der Waals surface area contributed by atoms with Crippen LogP contribution >= 0.6 is 12.2 Å². The van der Waals surface area contributed by atoms with E-state index in [9.17, 15) is 15.0 Å². The van der Waals surface area contributed by atoms with E-state index in [-0.39, 0.29) is 10.7 Å². The van der Waals surface area contributed by atoms with E-state index in [0.29, 0.717) is 5.56 Å². The van der Waals surface area contributed by atoms with E-state index in [1.165, 1.54) is 0 Å². The van der Waals surface area contributed by atoms with Crippen molar-refractivity contribution in [1.82, 2.24) is 10.6 Å². The predicted molar refractivity (Wildman–Crippen MR) is 58.5 cm³/mol. The molecule has 1 fully saturated rings. The molecule has 0 saturated carbocycles. The number of hydrogen-bond acceptors (Lipinski definition) is 4. The highest BCUT2D eigenvalue weighted by molar-refractivity contribution is 7.80. The molecule has 6 heteroatoms. The van der Waals surface area contributed by atoms with Crippen molar-refractivity contribution in [1.29, 1.82) is 0 Å². The third-order valence-corrected chi connectivity index (χ3v) is 3.21. The van der Waals surface area contributed by atoms with Crippen LogP contribution in [0.1, 0.15) is 15.9 Å². The first-order valence-corrected chi connectivity index (χ1v) is 5.09. The molecule has 0 amide bonds. The molecule has 1 heterocycles. The van der Waals surface area contributed by atoms with Crippen molar-refractivity contribution in [2.75, 3.05) is 0 Å². The molecule has 1 saturated heterocycles. The van der Waals surface area contributed by atoms with Crippen LogP contribution in [0, 0.1) is 0 Å². The van der Waals surface area contributed by atoms with Crippen LogP contribution in [0.2, 0.25) is 0 Å². The topological polar surface area (TPSA) is 81.6 Å². The molecule has 0 unspecified atom stereocenters. The van der Waals surface area contributed by atoms with Gasteiger partial charge in [0.25, 0.3) is 5.72 Å². The van der Waals surface area contributed by atoms with Crippen LogP contribution in [0.3, 0.4) is 0 Å². The Morgan fingerprint density at radius 3 is 2.50 bits per heavy atom. The first-order valence-electron chi connectivity index (χ1n) is 4.68. The summed E-state index contributed by atoms with van der Waals surface area (Å²) in [6.45, 7) is 0. The van der Waals surface area contributed by atoms with Crippen molar-refractivity contribution in [3.8, 4) is 0 Å². The Balaban J connectivity index is 2.32. The minimum absolute atomic E-state index is 0.0489. The van der Waals surface area contributed by atoms with Crippen LogP contribution in [0.15, 0.2) is 24.3 Å². The highest BCUT2D eigenvalue weighted by atomic mass is 32.1. The molecule has 82 valence electrons. The Kier molecular flexibility index (Phi) is 1.58. The Hall–Kier alpha value is -1.50. The summed E-state index contributed by atoms with van der Waals surface area (Å²) in [6.07, 6.45) is 0. The number of fused-ring (bicyclic) bond motifs is 3. The zero-order valence-corrected chi connectivity index (χ0v) is 8.84. The number of benzene rings is 1. The van der Waals surface area contributed by atoms with Crippen molar-refractivity contribution in [3.63, 3.8) is 0 Å². The Labute approximate surface area is 96.1 Å². The molecule has 0 aromatic heterocycles. The third kappa shape index (κ3) is 0.835. The van der Waals surface area contributed by atoms with Crippen LogP contribution in [0.5, 0.6) is 0 Å². The molecular formula is C10H8N2O3S. The van der Waals surface area contributed by atoms with Crippen LogP contribution in [-0.4, -0.2) is 26.8 Å². The zero-order chi connectivity index (χ0) is 11.6. The fraction of sp³-hybridized carbons (Fsp3) is 0.200. The van der Waals surface area contributed by atoms with Crippen molar-refractivity contribution in [3.05, 3.63) is 35.4 Å². The maximum atomic E-state index is 12.0. The van der Waals surface area contributed by atoms with E-state index in [0.717, 1.165) is 0 Å². The summed E-state index contributed by atoms with van der Waals surface area (Å²) in [5.41, 5.74) is -3.37. The van der Waals surface area contributed by atoms with Gasteiger partial charge in [-0.2, -0.15) is 0 Å². The monoisotopic (exact) mass is 236 g/mol. The molecule has 1 aliphatic carbocycles. The van der Waals surface area contributed by atoms with Crippen molar-refractivity contribution in [2.45, 2.75) is 11.4 Å². The second-order valence-corrected chi connectivity index (χ2v) is 4.28. The van der Waals surface area contributed by atoms with E-state index in [4.69, 9.17) is 12.2 Å². The second-order valence-electron chi connectivity index (χ2n) is 3.87. The Bertz CT molecular complexity index is 533. The van der Waals surface area contributed by atoms with Gasteiger partial charge in [-0.1, -0.05) is 24.3 Å². The first-order chi connectivity index (χ1) is 7.49. The molecule has 1 aromatic carbocycles. The van der Waals surface area contributed by atoms with Crippen LogP contribution < -0.4 is 10.6 Å². The number of carbonyl (C=O) groups is 1. The molecule has 5 nitrogen and oxygen atoms in total. The summed E-state index contributed by atoms with van der Waals surface area (Å²) < 4.78 is 0. The van der Waals surface area contributed by atoms with Gasteiger partial charge in [-0.05, 0) is 12.2 Å². The molecule has 2 aliphatic rings. The van der Waals surface area contributed by atoms with E-state index in [1.807, 2.05) is 0 Å². The van der Waals surface area contributed by atoms with Gasteiger partial charge in [0.1, 0.15) is 0 Å². The number of nitrogens with one attached hydrogen (secondary N) is 2. The minimum atomic E-state index is -2.10. The van der Waals surface area contributed by atoms with Gasteiger partial charge in [-0.3, -0.25) is 4.79 Å². The lowest BCUT2D eigenvalue weighted by molar-refractivity contribution is -0.122. The van der Waals surface area contributed by atoms with E-state index >= 15 is 0 Å². The van der Waals surface area contributed by atoms with E-state index in [2.05, 4.69) is 10.6 Å². The summed E-state index contributed by atoms with van der Waals surface area (Å²) in [7, 11) is 0. The van der Waals surface area contributed by atoms with Gasteiger partial charge in [0.05, 0.1) is 0 Å². The van der Waals surface area contributed by atoms with E-state index < -0.39 is 17.2 Å². The lowest BCUT2D eigenvalue weighted by Crippen LogP contribution is -2.58. The van der Waals surface area contributed by atoms with Crippen LogP contribution in [0.4, 0.5) is 0 Å². The summed E-state index contributed by atoms with van der Waals surface area (Å²) >= 11 is 4.80. The maximum Gasteiger partial charge on any atom is 0.256 e. The zero-order valence-electron chi connectivity index (χ0n) is 8.02. The molecule has 2 atom stereocenters. The maximum absolute atomic E-state index is 12.0. The number of aliphatic hydroxyl groups is 2. The number of ketones is 1. The van der Waals surface area contributed by atoms with Crippen LogP contribution in [-0.2, 0) is 5.72 Å². The first kappa shape index (κ1) is 9.71. The van der Waals surface area contributed by atoms with Crippen molar-refractivity contribution in [2.24, 2.45) is 0 Å². The van der Waals surface area contributed by atoms with Gasteiger partial charge in [-0.25, -0.2) is 0 Å². The molecule has 0 spiro atoms. The average molecular weight is 236 g/mol. The molecule has 1 aliphatic heterocycles. The summed E-state index contributed by atoms with van der Waals surface area (Å²) in [5.74, 6) is -0.585. The van der Waals surface area contributed by atoms with Gasteiger partial charge < -0.3 is 20.8 Å². The smallest absolute Gasteiger partial charge is 0.256 e. The highest BCUT2D eigenvalue weighted by Crippen LogP contribution is 2.43. The fourth-order valence-electron chi connectivity index (χ4n) is 2.22. The van der Waals surface area contributed by atoms with E-state index in [1.54, 1.807) is 24.3 Å². The molecule has 1 aromatic rings.